The van der Waals surface area contributed by atoms with Crippen LogP contribution in [-0.4, -0.2) is 53.7 Å². The van der Waals surface area contributed by atoms with Gasteiger partial charge in [0.15, 0.2) is 0 Å². The van der Waals surface area contributed by atoms with Crippen LogP contribution in [0.15, 0.2) is 18.2 Å². The Morgan fingerprint density at radius 2 is 2.00 bits per heavy atom. The fourth-order valence-electron chi connectivity index (χ4n) is 2.21. The second-order valence-electron chi connectivity index (χ2n) is 6.66. The number of nitrogens with one attached hydrogen (secondary N) is 2. The highest BCUT2D eigenvalue weighted by molar-refractivity contribution is 8.00. The molecule has 0 aliphatic carbocycles. The molecule has 1 aromatic rings. The van der Waals surface area contributed by atoms with Crippen molar-refractivity contribution in [3.05, 3.63) is 18.2 Å². The Balaban J connectivity index is 2.04. The quantitative estimate of drug-likeness (QED) is 0.813. The number of carbonyl (C=O) groups excluding carboxylic acids is 3. The second kappa shape index (κ2) is 8.31. The maximum absolute atomic E-state index is 12.1. The minimum absolute atomic E-state index is 0.00725. The summed E-state index contributed by atoms with van der Waals surface area (Å²) >= 11 is 1.48. The van der Waals surface area contributed by atoms with Crippen LogP contribution in [0, 0.1) is 0 Å². The highest BCUT2D eigenvalue weighted by Gasteiger charge is 2.23. The van der Waals surface area contributed by atoms with Gasteiger partial charge in [-0.05, 0) is 39.0 Å². The number of hydrogen-bond acceptors (Lipinski definition) is 6. The second-order valence-corrected chi connectivity index (χ2v) is 7.61. The number of benzene rings is 1. The lowest BCUT2D eigenvalue weighted by Gasteiger charge is -2.20. The molecule has 0 atom stereocenters. The highest BCUT2D eigenvalue weighted by Crippen LogP contribution is 2.28. The van der Waals surface area contributed by atoms with E-state index in [1.54, 1.807) is 39.0 Å². The van der Waals surface area contributed by atoms with Gasteiger partial charge in [0, 0.05) is 5.69 Å². The van der Waals surface area contributed by atoms with E-state index in [1.807, 2.05) is 0 Å². The van der Waals surface area contributed by atoms with E-state index in [0.717, 1.165) is 0 Å². The third kappa shape index (κ3) is 5.83. The van der Waals surface area contributed by atoms with E-state index < -0.39 is 11.7 Å². The molecule has 0 aromatic heterocycles. The van der Waals surface area contributed by atoms with Gasteiger partial charge in [0.1, 0.15) is 17.9 Å². The van der Waals surface area contributed by atoms with E-state index >= 15 is 0 Å². The van der Waals surface area contributed by atoms with Crippen molar-refractivity contribution in [1.29, 1.82) is 0 Å². The SMILES string of the molecule is COc1ccc(NC(=O)CN2CSCC2=O)cc1NC(=O)OC(C)(C)C. The molecule has 1 fully saturated rings. The molecule has 9 heteroatoms. The number of carbonyl (C=O) groups is 3. The maximum Gasteiger partial charge on any atom is 0.412 e. The Bertz CT molecular complexity index is 702. The maximum atomic E-state index is 12.1. The van der Waals surface area contributed by atoms with Gasteiger partial charge in [-0.25, -0.2) is 4.79 Å². The van der Waals surface area contributed by atoms with Crippen molar-refractivity contribution >= 4 is 41.0 Å². The number of hydrogen-bond donors (Lipinski definition) is 2. The zero-order valence-corrected chi connectivity index (χ0v) is 16.1. The number of thioether (sulfide) groups is 1. The van der Waals surface area contributed by atoms with Gasteiger partial charge < -0.3 is 19.7 Å². The predicted octanol–water partition coefficient (Wildman–Crippen LogP) is 2.51. The zero-order valence-electron chi connectivity index (χ0n) is 15.3. The van der Waals surface area contributed by atoms with Gasteiger partial charge in [0.2, 0.25) is 11.8 Å². The summed E-state index contributed by atoms with van der Waals surface area (Å²) in [5.41, 5.74) is 0.206. The van der Waals surface area contributed by atoms with Gasteiger partial charge in [0.25, 0.3) is 0 Å². The van der Waals surface area contributed by atoms with Crippen molar-refractivity contribution in [1.82, 2.24) is 4.90 Å². The van der Waals surface area contributed by atoms with E-state index in [9.17, 15) is 14.4 Å². The van der Waals surface area contributed by atoms with Crippen molar-refractivity contribution in [2.45, 2.75) is 26.4 Å². The van der Waals surface area contributed by atoms with Gasteiger partial charge in [0.05, 0.1) is 24.4 Å². The van der Waals surface area contributed by atoms with Crippen LogP contribution in [0.4, 0.5) is 16.2 Å². The average molecular weight is 381 g/mol. The first-order valence-electron chi connectivity index (χ1n) is 8.01. The van der Waals surface area contributed by atoms with Crippen molar-refractivity contribution in [2.75, 3.05) is 35.9 Å². The molecule has 0 saturated carbocycles. The summed E-state index contributed by atoms with van der Waals surface area (Å²) in [6, 6.07) is 4.85. The predicted molar refractivity (Wildman–Crippen MR) is 101 cm³/mol. The third-order valence-corrected chi connectivity index (χ3v) is 4.22. The Morgan fingerprint density at radius 3 is 2.58 bits per heavy atom. The van der Waals surface area contributed by atoms with Crippen LogP contribution in [0.2, 0.25) is 0 Å². The van der Waals surface area contributed by atoms with Crippen LogP contribution in [-0.2, 0) is 14.3 Å². The Kier molecular flexibility index (Phi) is 6.36. The van der Waals surface area contributed by atoms with Gasteiger partial charge in [-0.15, -0.1) is 11.8 Å². The summed E-state index contributed by atoms with van der Waals surface area (Å²) < 4.78 is 10.4. The molecule has 142 valence electrons. The van der Waals surface area contributed by atoms with Crippen LogP contribution in [0.3, 0.4) is 0 Å². The number of anilines is 2. The lowest BCUT2D eigenvalue weighted by atomic mass is 10.2. The third-order valence-electron chi connectivity index (χ3n) is 3.28. The molecule has 0 unspecified atom stereocenters. The number of rotatable bonds is 5. The molecule has 1 saturated heterocycles. The molecule has 1 aliphatic rings. The van der Waals surface area contributed by atoms with Crippen molar-refractivity contribution < 1.29 is 23.9 Å². The van der Waals surface area contributed by atoms with Gasteiger partial charge >= 0.3 is 6.09 Å². The number of amides is 3. The van der Waals surface area contributed by atoms with E-state index in [0.29, 0.717) is 28.8 Å². The normalized spacial score (nSPS) is 14.2. The Hall–Kier alpha value is -2.42. The van der Waals surface area contributed by atoms with Crippen molar-refractivity contribution in [2.24, 2.45) is 0 Å². The van der Waals surface area contributed by atoms with Crippen LogP contribution < -0.4 is 15.4 Å². The minimum Gasteiger partial charge on any atom is -0.495 e. The highest BCUT2D eigenvalue weighted by atomic mass is 32.2. The molecule has 0 spiro atoms. The first-order valence-corrected chi connectivity index (χ1v) is 9.17. The molecule has 0 bridgehead atoms. The minimum atomic E-state index is -0.635. The molecule has 26 heavy (non-hydrogen) atoms. The summed E-state index contributed by atoms with van der Waals surface area (Å²) in [5.74, 6) is 0.987. The summed E-state index contributed by atoms with van der Waals surface area (Å²) in [6.07, 6.45) is -0.626. The first kappa shape index (κ1) is 19.9. The number of ether oxygens (including phenoxy) is 2. The average Bonchev–Trinajstić information content (AvgIpc) is 2.90. The molecule has 3 amide bonds. The van der Waals surface area contributed by atoms with Crippen molar-refractivity contribution in [3.8, 4) is 5.75 Å². The van der Waals surface area contributed by atoms with E-state index in [-0.39, 0.29) is 18.4 Å². The molecule has 1 aliphatic heterocycles. The van der Waals surface area contributed by atoms with E-state index in [2.05, 4.69) is 10.6 Å². The first-order chi connectivity index (χ1) is 12.2. The topological polar surface area (TPSA) is 97.0 Å². The number of nitrogens with zero attached hydrogens (tertiary/aromatic N) is 1. The Morgan fingerprint density at radius 1 is 1.27 bits per heavy atom. The molecule has 2 N–H and O–H groups in total. The summed E-state index contributed by atoms with van der Waals surface area (Å²) in [6.45, 7) is 5.28. The number of methoxy groups -OCH3 is 1. The fraction of sp³-hybridized carbons (Fsp3) is 0.471. The zero-order chi connectivity index (χ0) is 19.3. The smallest absolute Gasteiger partial charge is 0.412 e. The van der Waals surface area contributed by atoms with Gasteiger partial charge in [-0.1, -0.05) is 0 Å². The molecule has 0 radical (unpaired) electrons. The van der Waals surface area contributed by atoms with Crippen LogP contribution in [0.5, 0.6) is 5.75 Å². The molecule has 1 aromatic carbocycles. The van der Waals surface area contributed by atoms with Crippen LogP contribution >= 0.6 is 11.8 Å². The lowest BCUT2D eigenvalue weighted by Crippen LogP contribution is -2.34. The summed E-state index contributed by atoms with van der Waals surface area (Å²) in [4.78, 5) is 37.2. The van der Waals surface area contributed by atoms with Gasteiger partial charge in [-0.2, -0.15) is 0 Å². The fourth-order valence-corrected chi connectivity index (χ4v) is 3.12. The molecular formula is C17H23N3O5S. The van der Waals surface area contributed by atoms with E-state index in [4.69, 9.17) is 9.47 Å². The lowest BCUT2D eigenvalue weighted by molar-refractivity contribution is -0.130. The summed E-state index contributed by atoms with van der Waals surface area (Å²) in [5, 5.41) is 5.32. The molecule has 8 nitrogen and oxygen atoms in total. The standard InChI is InChI=1S/C17H23N3O5S/c1-17(2,3)25-16(23)19-12-7-11(5-6-13(12)24-4)18-14(21)8-20-10-26-9-15(20)22/h5-7H,8-10H2,1-4H3,(H,18,21)(H,19,23). The van der Waals surface area contributed by atoms with Crippen LogP contribution in [0.1, 0.15) is 20.8 Å². The molecular weight excluding hydrogens is 358 g/mol. The molecule has 1 heterocycles. The monoisotopic (exact) mass is 381 g/mol. The van der Waals surface area contributed by atoms with Gasteiger partial charge in [-0.3, -0.25) is 14.9 Å². The summed E-state index contributed by atoms with van der Waals surface area (Å²) in [7, 11) is 1.48. The Labute approximate surface area is 156 Å². The van der Waals surface area contributed by atoms with Crippen molar-refractivity contribution in [3.63, 3.8) is 0 Å². The van der Waals surface area contributed by atoms with Crippen LogP contribution in [0.25, 0.3) is 0 Å². The largest absolute Gasteiger partial charge is 0.495 e. The van der Waals surface area contributed by atoms with E-state index in [1.165, 1.54) is 23.8 Å². The molecule has 2 rings (SSSR count).